The van der Waals surface area contributed by atoms with Crippen molar-refractivity contribution in [2.24, 2.45) is 0 Å². The van der Waals surface area contributed by atoms with Gasteiger partial charge in [-0.2, -0.15) is 0 Å². The molecule has 0 radical (unpaired) electrons. The van der Waals surface area contributed by atoms with Gasteiger partial charge in [0.25, 0.3) is 0 Å². The van der Waals surface area contributed by atoms with E-state index >= 15 is 0 Å². The molecule has 1 rings (SSSR count). The molecular formula is C12H24N2O2. The molecule has 0 heterocycles. The highest BCUT2D eigenvalue weighted by atomic mass is 16.3. The molecule has 16 heavy (non-hydrogen) atoms. The van der Waals surface area contributed by atoms with Crippen LogP contribution in [-0.4, -0.2) is 29.3 Å². The van der Waals surface area contributed by atoms with E-state index in [0.29, 0.717) is 6.04 Å². The summed E-state index contributed by atoms with van der Waals surface area (Å²) >= 11 is 0. The quantitative estimate of drug-likeness (QED) is 0.671. The number of amides is 2. The molecule has 1 aliphatic carbocycles. The Kier molecular flexibility index (Phi) is 5.06. The summed E-state index contributed by atoms with van der Waals surface area (Å²) in [5.74, 6) is 0. The van der Waals surface area contributed by atoms with Crippen molar-refractivity contribution in [1.82, 2.24) is 10.6 Å². The molecule has 4 heteroatoms. The van der Waals surface area contributed by atoms with Gasteiger partial charge in [-0.05, 0) is 25.7 Å². The summed E-state index contributed by atoms with van der Waals surface area (Å²) in [7, 11) is 0. The molecule has 0 aromatic carbocycles. The van der Waals surface area contributed by atoms with Gasteiger partial charge in [-0.1, -0.05) is 26.7 Å². The predicted octanol–water partition coefficient (Wildman–Crippen LogP) is 1.78. The van der Waals surface area contributed by atoms with Crippen molar-refractivity contribution >= 4 is 6.03 Å². The van der Waals surface area contributed by atoms with Crippen molar-refractivity contribution in [3.05, 3.63) is 0 Å². The average molecular weight is 228 g/mol. The van der Waals surface area contributed by atoms with Crippen LogP contribution in [-0.2, 0) is 0 Å². The van der Waals surface area contributed by atoms with Crippen LogP contribution in [0.1, 0.15) is 52.4 Å². The highest BCUT2D eigenvalue weighted by Gasteiger charge is 2.28. The summed E-state index contributed by atoms with van der Waals surface area (Å²) in [5, 5.41) is 15.2. The lowest BCUT2D eigenvalue weighted by Gasteiger charge is -2.31. The first-order valence-electron chi connectivity index (χ1n) is 6.35. The molecule has 0 aromatic heterocycles. The highest BCUT2D eigenvalue weighted by molar-refractivity contribution is 5.75. The lowest BCUT2D eigenvalue weighted by atomic mass is 9.94. The van der Waals surface area contributed by atoms with Crippen molar-refractivity contribution in [3.8, 4) is 0 Å². The second-order valence-corrected chi connectivity index (χ2v) is 4.73. The van der Waals surface area contributed by atoms with Gasteiger partial charge in [-0.25, -0.2) is 4.79 Å². The third kappa shape index (κ3) is 3.37. The molecule has 1 aliphatic rings. The molecule has 94 valence electrons. The van der Waals surface area contributed by atoms with E-state index < -0.39 is 5.54 Å². The van der Waals surface area contributed by atoms with Crippen LogP contribution in [0.2, 0.25) is 0 Å². The van der Waals surface area contributed by atoms with Gasteiger partial charge in [0.15, 0.2) is 0 Å². The fourth-order valence-electron chi connectivity index (χ4n) is 2.22. The predicted molar refractivity (Wildman–Crippen MR) is 64.3 cm³/mol. The lowest BCUT2D eigenvalue weighted by Crippen LogP contribution is -2.55. The Morgan fingerprint density at radius 2 is 1.88 bits per heavy atom. The fourth-order valence-corrected chi connectivity index (χ4v) is 2.22. The van der Waals surface area contributed by atoms with E-state index in [0.717, 1.165) is 25.7 Å². The Morgan fingerprint density at radius 3 is 2.31 bits per heavy atom. The molecule has 0 aromatic rings. The van der Waals surface area contributed by atoms with E-state index in [2.05, 4.69) is 10.6 Å². The highest BCUT2D eigenvalue weighted by Crippen LogP contribution is 2.18. The van der Waals surface area contributed by atoms with Crippen LogP contribution in [0.25, 0.3) is 0 Å². The minimum Gasteiger partial charge on any atom is -0.394 e. The van der Waals surface area contributed by atoms with Crippen molar-refractivity contribution in [1.29, 1.82) is 0 Å². The normalized spacial score (nSPS) is 17.4. The number of urea groups is 1. The standard InChI is InChI=1S/C12H24N2O2/c1-3-12(4-2,9-15)14-11(16)13-10-7-5-6-8-10/h10,15H,3-9H2,1-2H3,(H2,13,14,16). The van der Waals surface area contributed by atoms with Crippen LogP contribution in [0.15, 0.2) is 0 Å². The number of aliphatic hydroxyl groups excluding tert-OH is 1. The van der Waals surface area contributed by atoms with E-state index in [9.17, 15) is 9.90 Å². The fraction of sp³-hybridized carbons (Fsp3) is 0.917. The monoisotopic (exact) mass is 228 g/mol. The van der Waals surface area contributed by atoms with E-state index in [4.69, 9.17) is 0 Å². The number of hydrogen-bond acceptors (Lipinski definition) is 2. The molecule has 0 atom stereocenters. The number of aliphatic hydroxyl groups is 1. The largest absolute Gasteiger partial charge is 0.394 e. The van der Waals surface area contributed by atoms with Crippen molar-refractivity contribution in [2.45, 2.75) is 64.0 Å². The third-order valence-corrected chi connectivity index (χ3v) is 3.73. The van der Waals surface area contributed by atoms with Crippen molar-refractivity contribution in [3.63, 3.8) is 0 Å². The summed E-state index contributed by atoms with van der Waals surface area (Å²) < 4.78 is 0. The van der Waals surface area contributed by atoms with Crippen molar-refractivity contribution < 1.29 is 9.90 Å². The minimum absolute atomic E-state index is 0.00190. The number of nitrogens with one attached hydrogen (secondary N) is 2. The Bertz CT molecular complexity index is 213. The second kappa shape index (κ2) is 6.09. The van der Waals surface area contributed by atoms with Gasteiger partial charge in [-0.15, -0.1) is 0 Å². The van der Waals surface area contributed by atoms with Crippen LogP contribution in [0.3, 0.4) is 0 Å². The maximum Gasteiger partial charge on any atom is 0.315 e. The molecular weight excluding hydrogens is 204 g/mol. The van der Waals surface area contributed by atoms with E-state index in [-0.39, 0.29) is 12.6 Å². The Labute approximate surface area is 97.8 Å². The van der Waals surface area contributed by atoms with Crippen LogP contribution < -0.4 is 10.6 Å². The number of hydrogen-bond donors (Lipinski definition) is 3. The van der Waals surface area contributed by atoms with Crippen molar-refractivity contribution in [2.75, 3.05) is 6.61 Å². The first kappa shape index (κ1) is 13.3. The molecule has 2 amide bonds. The zero-order valence-corrected chi connectivity index (χ0v) is 10.4. The zero-order valence-electron chi connectivity index (χ0n) is 10.4. The number of carbonyl (C=O) groups is 1. The molecule has 0 bridgehead atoms. The number of rotatable bonds is 5. The van der Waals surface area contributed by atoms with Gasteiger partial charge in [0.1, 0.15) is 0 Å². The van der Waals surface area contributed by atoms with E-state index in [1.807, 2.05) is 13.8 Å². The lowest BCUT2D eigenvalue weighted by molar-refractivity contribution is 0.150. The zero-order chi connectivity index (χ0) is 12.0. The topological polar surface area (TPSA) is 61.4 Å². The van der Waals surface area contributed by atoms with Gasteiger partial charge in [-0.3, -0.25) is 0 Å². The molecule has 1 fully saturated rings. The Hall–Kier alpha value is -0.770. The summed E-state index contributed by atoms with van der Waals surface area (Å²) in [6.07, 6.45) is 6.07. The van der Waals surface area contributed by atoms with Crippen LogP contribution >= 0.6 is 0 Å². The number of carbonyl (C=O) groups excluding carboxylic acids is 1. The van der Waals surface area contributed by atoms with Crippen LogP contribution in [0.4, 0.5) is 4.79 Å². The molecule has 3 N–H and O–H groups in total. The summed E-state index contributed by atoms with van der Waals surface area (Å²) in [4.78, 5) is 11.8. The smallest absolute Gasteiger partial charge is 0.315 e. The average Bonchev–Trinajstić information content (AvgIpc) is 2.79. The van der Waals surface area contributed by atoms with Gasteiger partial charge in [0.05, 0.1) is 12.1 Å². The summed E-state index contributed by atoms with van der Waals surface area (Å²) in [6, 6.07) is 0.190. The first-order valence-corrected chi connectivity index (χ1v) is 6.35. The van der Waals surface area contributed by atoms with Crippen LogP contribution in [0, 0.1) is 0 Å². The molecule has 0 unspecified atom stereocenters. The van der Waals surface area contributed by atoms with Gasteiger partial charge in [0.2, 0.25) is 0 Å². The Balaban J connectivity index is 2.41. The first-order chi connectivity index (χ1) is 7.65. The summed E-state index contributed by atoms with van der Waals surface area (Å²) in [5.41, 5.74) is -0.456. The minimum atomic E-state index is -0.456. The molecule has 4 nitrogen and oxygen atoms in total. The second-order valence-electron chi connectivity index (χ2n) is 4.73. The molecule has 0 spiro atoms. The maximum atomic E-state index is 11.8. The Morgan fingerprint density at radius 1 is 1.31 bits per heavy atom. The molecule has 1 saturated carbocycles. The van der Waals surface area contributed by atoms with E-state index in [1.54, 1.807) is 0 Å². The van der Waals surface area contributed by atoms with Gasteiger partial charge < -0.3 is 15.7 Å². The maximum absolute atomic E-state index is 11.8. The SMILES string of the molecule is CCC(CC)(CO)NC(=O)NC1CCCC1. The molecule has 0 saturated heterocycles. The van der Waals surface area contributed by atoms with Crippen LogP contribution in [0.5, 0.6) is 0 Å². The van der Waals surface area contributed by atoms with Gasteiger partial charge in [0, 0.05) is 6.04 Å². The summed E-state index contributed by atoms with van der Waals surface area (Å²) in [6.45, 7) is 3.96. The third-order valence-electron chi connectivity index (χ3n) is 3.73. The van der Waals surface area contributed by atoms with E-state index in [1.165, 1.54) is 12.8 Å². The molecule has 0 aliphatic heterocycles. The van der Waals surface area contributed by atoms with Gasteiger partial charge >= 0.3 is 6.03 Å².